The number of rotatable bonds is 1. The topological polar surface area (TPSA) is 35.2 Å². The third kappa shape index (κ3) is 0.789. The second-order valence-electron chi connectivity index (χ2n) is 3.67. The first-order valence-corrected chi connectivity index (χ1v) is 4.09. The summed E-state index contributed by atoms with van der Waals surface area (Å²) in [5.74, 6) is 1.71. The number of hydrogen-bond acceptors (Lipinski definition) is 2. The summed E-state index contributed by atoms with van der Waals surface area (Å²) in [6.45, 7) is 0. The van der Waals surface area contributed by atoms with Crippen LogP contribution in [-0.2, 0) is 4.74 Å². The fourth-order valence-electron chi connectivity index (χ4n) is 2.48. The van der Waals surface area contributed by atoms with Crippen molar-refractivity contribution in [2.75, 3.05) is 7.11 Å². The molecule has 0 aromatic carbocycles. The molecule has 0 bridgehead atoms. The Morgan fingerprint density at radius 3 is 2.70 bits per heavy atom. The minimum Gasteiger partial charge on any atom is -0.381 e. The lowest BCUT2D eigenvalue weighted by molar-refractivity contribution is -0.0477. The standard InChI is InChI=1S/C8H15NO/c1-10-8-3-5-2-6(9)4-7(5)8/h5-8H,2-4,9H2,1H3/t5-,6?,7-,8?/m0/s1. The first-order chi connectivity index (χ1) is 4.81. The van der Waals surface area contributed by atoms with Crippen LogP contribution in [0.15, 0.2) is 0 Å². The molecule has 2 aliphatic carbocycles. The molecule has 58 valence electrons. The van der Waals surface area contributed by atoms with Crippen molar-refractivity contribution < 1.29 is 4.74 Å². The number of hydrogen-bond donors (Lipinski definition) is 1. The van der Waals surface area contributed by atoms with Gasteiger partial charge in [-0.3, -0.25) is 0 Å². The Kier molecular flexibility index (Phi) is 1.46. The summed E-state index contributed by atoms with van der Waals surface area (Å²) in [7, 11) is 1.81. The van der Waals surface area contributed by atoms with Crippen molar-refractivity contribution in [1.29, 1.82) is 0 Å². The van der Waals surface area contributed by atoms with Crippen LogP contribution in [0.3, 0.4) is 0 Å². The minimum atomic E-state index is 0.468. The van der Waals surface area contributed by atoms with Crippen LogP contribution in [0.2, 0.25) is 0 Å². The molecular formula is C8H15NO. The largest absolute Gasteiger partial charge is 0.381 e. The molecule has 0 aliphatic heterocycles. The monoisotopic (exact) mass is 141 g/mol. The van der Waals surface area contributed by atoms with Gasteiger partial charge in [0.25, 0.3) is 0 Å². The first-order valence-electron chi connectivity index (χ1n) is 4.09. The molecule has 0 aromatic heterocycles. The maximum atomic E-state index is 5.82. The van der Waals surface area contributed by atoms with Crippen molar-refractivity contribution in [3.8, 4) is 0 Å². The number of fused-ring (bicyclic) bond motifs is 1. The predicted molar refractivity (Wildman–Crippen MR) is 39.6 cm³/mol. The fraction of sp³-hybridized carbons (Fsp3) is 1.00. The van der Waals surface area contributed by atoms with Crippen LogP contribution in [0.25, 0.3) is 0 Å². The van der Waals surface area contributed by atoms with E-state index in [2.05, 4.69) is 0 Å². The third-order valence-corrected chi connectivity index (χ3v) is 3.10. The molecule has 0 spiro atoms. The Labute approximate surface area is 61.7 Å². The maximum Gasteiger partial charge on any atom is 0.0605 e. The van der Waals surface area contributed by atoms with Gasteiger partial charge in [-0.05, 0) is 31.1 Å². The highest BCUT2D eigenvalue weighted by Gasteiger charge is 2.46. The quantitative estimate of drug-likeness (QED) is 0.585. The van der Waals surface area contributed by atoms with E-state index in [1.54, 1.807) is 0 Å². The van der Waals surface area contributed by atoms with Gasteiger partial charge in [0.1, 0.15) is 0 Å². The van der Waals surface area contributed by atoms with E-state index in [9.17, 15) is 0 Å². The zero-order valence-electron chi connectivity index (χ0n) is 6.42. The van der Waals surface area contributed by atoms with Gasteiger partial charge in [0, 0.05) is 13.2 Å². The molecule has 2 fully saturated rings. The van der Waals surface area contributed by atoms with E-state index < -0.39 is 0 Å². The van der Waals surface area contributed by atoms with Gasteiger partial charge in [0.05, 0.1) is 6.10 Å². The predicted octanol–water partition coefficient (Wildman–Crippen LogP) is 0.759. The highest BCUT2D eigenvalue weighted by molar-refractivity contribution is 4.98. The summed E-state index contributed by atoms with van der Waals surface area (Å²) in [4.78, 5) is 0. The zero-order valence-corrected chi connectivity index (χ0v) is 6.42. The average Bonchev–Trinajstić information content (AvgIpc) is 2.15. The normalized spacial score (nSPS) is 52.2. The summed E-state index contributed by atoms with van der Waals surface area (Å²) in [5.41, 5.74) is 5.82. The molecule has 4 atom stereocenters. The van der Waals surface area contributed by atoms with E-state index >= 15 is 0 Å². The van der Waals surface area contributed by atoms with Crippen LogP contribution in [-0.4, -0.2) is 19.3 Å². The first kappa shape index (κ1) is 6.62. The minimum absolute atomic E-state index is 0.468. The van der Waals surface area contributed by atoms with Gasteiger partial charge in [-0.15, -0.1) is 0 Å². The van der Waals surface area contributed by atoms with E-state index in [1.807, 2.05) is 7.11 Å². The fourth-order valence-corrected chi connectivity index (χ4v) is 2.48. The maximum absolute atomic E-state index is 5.82. The van der Waals surface area contributed by atoms with E-state index in [-0.39, 0.29) is 0 Å². The van der Waals surface area contributed by atoms with Gasteiger partial charge >= 0.3 is 0 Å². The molecule has 2 nitrogen and oxygen atoms in total. The summed E-state index contributed by atoms with van der Waals surface area (Å²) < 4.78 is 5.29. The zero-order chi connectivity index (χ0) is 7.14. The Morgan fingerprint density at radius 1 is 1.30 bits per heavy atom. The average molecular weight is 141 g/mol. The summed E-state index contributed by atoms with van der Waals surface area (Å²) in [5, 5.41) is 0. The Balaban J connectivity index is 1.93. The molecule has 2 aliphatic rings. The van der Waals surface area contributed by atoms with Gasteiger partial charge in [0.2, 0.25) is 0 Å². The molecule has 0 saturated heterocycles. The van der Waals surface area contributed by atoms with Crippen LogP contribution in [0.4, 0.5) is 0 Å². The molecule has 2 rings (SSSR count). The lowest BCUT2D eigenvalue weighted by Crippen LogP contribution is -2.38. The molecular weight excluding hydrogens is 126 g/mol. The van der Waals surface area contributed by atoms with Crippen LogP contribution >= 0.6 is 0 Å². The van der Waals surface area contributed by atoms with Crippen molar-refractivity contribution >= 4 is 0 Å². The highest BCUT2D eigenvalue weighted by atomic mass is 16.5. The second-order valence-corrected chi connectivity index (χ2v) is 3.67. The van der Waals surface area contributed by atoms with E-state index in [0.717, 1.165) is 11.8 Å². The Hall–Kier alpha value is -0.0800. The smallest absolute Gasteiger partial charge is 0.0605 e. The molecule has 0 amide bonds. The number of nitrogens with two attached hydrogens (primary N) is 1. The van der Waals surface area contributed by atoms with E-state index in [1.165, 1.54) is 19.3 Å². The van der Waals surface area contributed by atoms with Gasteiger partial charge in [0.15, 0.2) is 0 Å². The summed E-state index contributed by atoms with van der Waals surface area (Å²) in [6.07, 6.45) is 4.24. The number of methoxy groups -OCH3 is 1. The Bertz CT molecular complexity index is 133. The van der Waals surface area contributed by atoms with Crippen molar-refractivity contribution in [2.24, 2.45) is 17.6 Å². The number of ether oxygens (including phenoxy) is 1. The summed E-state index contributed by atoms with van der Waals surface area (Å²) >= 11 is 0. The lowest BCUT2D eigenvalue weighted by atomic mass is 9.73. The van der Waals surface area contributed by atoms with Gasteiger partial charge < -0.3 is 10.5 Å². The van der Waals surface area contributed by atoms with Crippen LogP contribution in [0.5, 0.6) is 0 Å². The van der Waals surface area contributed by atoms with Crippen molar-refractivity contribution in [3.05, 3.63) is 0 Å². The Morgan fingerprint density at radius 2 is 2.10 bits per heavy atom. The molecule has 2 unspecified atom stereocenters. The molecule has 0 radical (unpaired) electrons. The van der Waals surface area contributed by atoms with Gasteiger partial charge in [-0.2, -0.15) is 0 Å². The second kappa shape index (κ2) is 2.21. The molecule has 0 heterocycles. The molecule has 10 heavy (non-hydrogen) atoms. The van der Waals surface area contributed by atoms with Crippen LogP contribution in [0.1, 0.15) is 19.3 Å². The molecule has 2 saturated carbocycles. The van der Waals surface area contributed by atoms with Crippen LogP contribution < -0.4 is 5.73 Å². The van der Waals surface area contributed by atoms with Gasteiger partial charge in [-0.1, -0.05) is 0 Å². The van der Waals surface area contributed by atoms with E-state index in [4.69, 9.17) is 10.5 Å². The molecule has 2 N–H and O–H groups in total. The summed E-state index contributed by atoms with van der Waals surface area (Å²) in [6, 6.07) is 0.468. The SMILES string of the molecule is COC1C[C@@H]2CC(N)C[C@H]12. The lowest BCUT2D eigenvalue weighted by Gasteiger charge is -2.38. The van der Waals surface area contributed by atoms with Crippen LogP contribution in [0, 0.1) is 11.8 Å². The third-order valence-electron chi connectivity index (χ3n) is 3.10. The van der Waals surface area contributed by atoms with Gasteiger partial charge in [-0.25, -0.2) is 0 Å². The van der Waals surface area contributed by atoms with E-state index in [0.29, 0.717) is 12.1 Å². The molecule has 0 aromatic rings. The van der Waals surface area contributed by atoms with Crippen molar-refractivity contribution in [1.82, 2.24) is 0 Å². The van der Waals surface area contributed by atoms with Crippen molar-refractivity contribution in [2.45, 2.75) is 31.4 Å². The van der Waals surface area contributed by atoms with Crippen molar-refractivity contribution in [3.63, 3.8) is 0 Å². The highest BCUT2D eigenvalue weighted by Crippen LogP contribution is 2.47. The molecule has 2 heteroatoms.